The number of amidine groups is 1. The zero-order valence-corrected chi connectivity index (χ0v) is 18.5. The van der Waals surface area contributed by atoms with E-state index < -0.39 is 0 Å². The van der Waals surface area contributed by atoms with Crippen LogP contribution in [0, 0.1) is 11.8 Å². The van der Waals surface area contributed by atoms with Gasteiger partial charge in [-0.25, -0.2) is 20.3 Å². The molecule has 0 bridgehead atoms. The van der Waals surface area contributed by atoms with Crippen molar-refractivity contribution in [2.24, 2.45) is 4.99 Å². The zero-order chi connectivity index (χ0) is 21.6. The Balaban J connectivity index is 0.00000124. The summed E-state index contributed by atoms with van der Waals surface area (Å²) in [5, 5.41) is 0. The molecule has 0 aromatic carbocycles. The van der Waals surface area contributed by atoms with Crippen LogP contribution in [0.1, 0.15) is 64.4 Å². The van der Waals surface area contributed by atoms with Crippen LogP contribution in [0.5, 0.6) is 0 Å². The maximum Gasteiger partial charge on any atom is 0.192 e. The van der Waals surface area contributed by atoms with Crippen LogP contribution < -0.4 is 5.48 Å². The fourth-order valence-corrected chi connectivity index (χ4v) is 3.84. The van der Waals surface area contributed by atoms with Gasteiger partial charge < -0.3 is 0 Å². The smallest absolute Gasteiger partial charge is 0.192 e. The Kier molecular flexibility index (Phi) is 7.20. The monoisotopic (exact) mass is 405 g/mol. The lowest BCUT2D eigenvalue weighted by molar-refractivity contribution is -0.0328. The van der Waals surface area contributed by atoms with E-state index in [4.69, 9.17) is 9.83 Å². The second-order valence-electron chi connectivity index (χ2n) is 7.84. The molecule has 2 aliphatic rings. The van der Waals surface area contributed by atoms with Gasteiger partial charge in [0.1, 0.15) is 11.4 Å². The van der Waals surface area contributed by atoms with Gasteiger partial charge in [-0.05, 0) is 70.3 Å². The summed E-state index contributed by atoms with van der Waals surface area (Å²) in [5.41, 5.74) is 5.45. The highest BCUT2D eigenvalue weighted by atomic mass is 16.7. The molecule has 0 spiro atoms. The first-order valence-corrected chi connectivity index (χ1v) is 10.7. The fraction of sp³-hybridized carbons (Fsp3) is 0.458. The van der Waals surface area contributed by atoms with E-state index >= 15 is 0 Å². The minimum atomic E-state index is -0.238. The van der Waals surface area contributed by atoms with Gasteiger partial charge in [-0.1, -0.05) is 25.8 Å². The topological polar surface area (TPSA) is 62.6 Å². The Labute approximate surface area is 179 Å². The van der Waals surface area contributed by atoms with Gasteiger partial charge in [-0.2, -0.15) is 0 Å². The number of likely N-dealkylation sites (tertiary alicyclic amines) is 1. The average Bonchev–Trinajstić information content (AvgIpc) is 3.41. The molecule has 2 unspecified atom stereocenters. The number of rotatable bonds is 3. The highest BCUT2D eigenvalue weighted by molar-refractivity contribution is 5.97. The summed E-state index contributed by atoms with van der Waals surface area (Å²) in [6.45, 7) is 11.8. The van der Waals surface area contributed by atoms with Crippen LogP contribution in [0.3, 0.4) is 0 Å². The van der Waals surface area contributed by atoms with Crippen molar-refractivity contribution in [2.75, 3.05) is 6.54 Å². The summed E-state index contributed by atoms with van der Waals surface area (Å²) < 4.78 is 0. The molecule has 30 heavy (non-hydrogen) atoms. The van der Waals surface area contributed by atoms with Crippen molar-refractivity contribution in [3.05, 3.63) is 59.7 Å². The molecule has 2 aliphatic heterocycles. The molecule has 158 valence electrons. The highest BCUT2D eigenvalue weighted by Gasteiger charge is 2.39. The summed E-state index contributed by atoms with van der Waals surface area (Å²) in [6, 6.07) is 9.71. The summed E-state index contributed by atoms with van der Waals surface area (Å²) >= 11 is 0. The largest absolute Gasteiger partial charge is 0.291 e. The van der Waals surface area contributed by atoms with Crippen LogP contribution in [0.25, 0.3) is 0 Å². The minimum Gasteiger partial charge on any atom is -0.291 e. The van der Waals surface area contributed by atoms with Crippen molar-refractivity contribution in [1.82, 2.24) is 20.3 Å². The number of aliphatic imine (C=N–C) groups is 1. The van der Waals surface area contributed by atoms with Gasteiger partial charge in [0.2, 0.25) is 0 Å². The van der Waals surface area contributed by atoms with Crippen LogP contribution in [0.15, 0.2) is 47.7 Å². The zero-order valence-electron chi connectivity index (χ0n) is 18.5. The predicted octanol–water partition coefficient (Wildman–Crippen LogP) is 3.77. The van der Waals surface area contributed by atoms with E-state index in [2.05, 4.69) is 53.0 Å². The second-order valence-corrected chi connectivity index (χ2v) is 7.84. The van der Waals surface area contributed by atoms with Crippen LogP contribution in [0.2, 0.25) is 0 Å². The predicted molar refractivity (Wildman–Crippen MR) is 120 cm³/mol. The van der Waals surface area contributed by atoms with Crippen LogP contribution in [-0.2, 0) is 4.84 Å². The molecule has 2 aromatic heterocycles. The van der Waals surface area contributed by atoms with Gasteiger partial charge in [0.15, 0.2) is 12.1 Å². The molecule has 6 heteroatoms. The van der Waals surface area contributed by atoms with Crippen LogP contribution in [0.4, 0.5) is 0 Å². The molecule has 4 rings (SSSR count). The molecular weight excluding hydrogens is 374 g/mol. The Hall–Kier alpha value is -2.75. The molecular formula is C24H31N5O. The molecule has 0 aliphatic carbocycles. The molecule has 1 N–H and O–H groups in total. The third-order valence-electron chi connectivity index (χ3n) is 5.41. The van der Waals surface area contributed by atoms with Crippen LogP contribution >= 0.6 is 0 Å². The number of nitrogens with one attached hydrogen (secondary N) is 1. The minimum absolute atomic E-state index is 0.188. The van der Waals surface area contributed by atoms with E-state index in [0.717, 1.165) is 23.5 Å². The van der Waals surface area contributed by atoms with E-state index in [1.807, 2.05) is 44.2 Å². The average molecular weight is 406 g/mol. The molecule has 0 radical (unpaired) electrons. The molecule has 4 heterocycles. The maximum atomic E-state index is 5.75. The number of hydrogen-bond acceptors (Lipinski definition) is 6. The third kappa shape index (κ3) is 5.05. The lowest BCUT2D eigenvalue weighted by atomic mass is 10.0. The molecule has 1 fully saturated rings. The second kappa shape index (κ2) is 9.84. The van der Waals surface area contributed by atoms with Crippen molar-refractivity contribution in [2.45, 2.75) is 65.3 Å². The van der Waals surface area contributed by atoms with Crippen molar-refractivity contribution in [3.63, 3.8) is 0 Å². The van der Waals surface area contributed by atoms with Gasteiger partial charge in [0.05, 0.1) is 6.04 Å². The molecule has 6 nitrogen and oxygen atoms in total. The normalized spacial score (nSPS) is 20.8. The molecule has 0 amide bonds. The summed E-state index contributed by atoms with van der Waals surface area (Å²) in [5.74, 6) is 6.78. The van der Waals surface area contributed by atoms with Crippen molar-refractivity contribution < 1.29 is 4.84 Å². The Morgan fingerprint density at radius 1 is 1.17 bits per heavy atom. The SMILES string of the molecule is CC.CC(C1N=C(c2ccc(C#Cc3ccccn3)cn2)NO1)N1CCCC1(C)C. The highest BCUT2D eigenvalue weighted by Crippen LogP contribution is 2.32. The first-order valence-electron chi connectivity index (χ1n) is 10.7. The van der Waals surface area contributed by atoms with E-state index in [0.29, 0.717) is 5.84 Å². The van der Waals surface area contributed by atoms with Gasteiger partial charge in [0.25, 0.3) is 0 Å². The van der Waals surface area contributed by atoms with Crippen molar-refractivity contribution in [3.8, 4) is 11.8 Å². The molecule has 1 saturated heterocycles. The van der Waals surface area contributed by atoms with E-state index in [1.165, 1.54) is 12.8 Å². The number of nitrogens with zero attached hydrogens (tertiary/aromatic N) is 4. The maximum absolute atomic E-state index is 5.75. The van der Waals surface area contributed by atoms with Crippen LogP contribution in [-0.4, -0.2) is 45.1 Å². The van der Waals surface area contributed by atoms with Gasteiger partial charge in [0, 0.05) is 23.5 Å². The number of aromatic nitrogens is 2. The third-order valence-corrected chi connectivity index (χ3v) is 5.41. The molecule has 2 aromatic rings. The lowest BCUT2D eigenvalue weighted by Gasteiger charge is -2.37. The summed E-state index contributed by atoms with van der Waals surface area (Å²) in [7, 11) is 0. The first-order chi connectivity index (χ1) is 14.5. The Morgan fingerprint density at radius 2 is 2.00 bits per heavy atom. The Bertz CT molecular complexity index is 912. The van der Waals surface area contributed by atoms with Gasteiger partial charge in [-0.3, -0.25) is 9.88 Å². The van der Waals surface area contributed by atoms with Crippen molar-refractivity contribution >= 4 is 5.84 Å². The standard InChI is InChI=1S/C22H25N5O.C2H6/c1-16(27-14-6-12-22(27,2)3)21-25-20(26-28-21)19-11-9-17(15-24-19)8-10-18-7-4-5-13-23-18;1-2/h4-5,7,9,11,13,15-16,21H,6,12,14H2,1-3H3,(H,25,26);1-2H3. The lowest BCUT2D eigenvalue weighted by Crippen LogP contribution is -2.49. The quantitative estimate of drug-likeness (QED) is 0.788. The number of hydrogen-bond donors (Lipinski definition) is 1. The number of hydroxylamine groups is 1. The van der Waals surface area contributed by atoms with E-state index in [-0.39, 0.29) is 17.8 Å². The molecule has 0 saturated carbocycles. The van der Waals surface area contributed by atoms with Crippen molar-refractivity contribution in [1.29, 1.82) is 0 Å². The molecule has 2 atom stereocenters. The Morgan fingerprint density at radius 3 is 2.63 bits per heavy atom. The van der Waals surface area contributed by atoms with E-state index in [1.54, 1.807) is 12.4 Å². The van der Waals surface area contributed by atoms with Gasteiger partial charge >= 0.3 is 0 Å². The van der Waals surface area contributed by atoms with Gasteiger partial charge in [-0.15, -0.1) is 0 Å². The summed E-state index contributed by atoms with van der Waals surface area (Å²) in [4.78, 5) is 21.6. The van der Waals surface area contributed by atoms with E-state index in [9.17, 15) is 0 Å². The first kappa shape index (κ1) is 21.9. The fourth-order valence-electron chi connectivity index (χ4n) is 3.84. The number of pyridine rings is 2. The summed E-state index contributed by atoms with van der Waals surface area (Å²) in [6.07, 6.45) is 5.66.